The van der Waals surface area contributed by atoms with Crippen molar-refractivity contribution < 1.29 is 9.90 Å². The monoisotopic (exact) mass is 256 g/mol. The van der Waals surface area contributed by atoms with Gasteiger partial charge in [0.25, 0.3) is 0 Å². The second-order valence-corrected chi connectivity index (χ2v) is 5.26. The summed E-state index contributed by atoms with van der Waals surface area (Å²) in [5.74, 6) is -0.707. The molecule has 1 heterocycles. The first-order chi connectivity index (χ1) is 8.67. The molecule has 106 valence electrons. The third-order valence-electron chi connectivity index (χ3n) is 3.86. The van der Waals surface area contributed by atoms with Gasteiger partial charge >= 0.3 is 5.97 Å². The lowest BCUT2D eigenvalue weighted by molar-refractivity contribution is -0.138. The number of carboxylic acid groups (broad SMARTS) is 1. The largest absolute Gasteiger partial charge is 0.480 e. The third kappa shape index (κ3) is 5.36. The van der Waals surface area contributed by atoms with E-state index < -0.39 is 5.97 Å². The predicted molar refractivity (Wildman–Crippen MR) is 73.9 cm³/mol. The van der Waals surface area contributed by atoms with Crippen molar-refractivity contribution in [3.05, 3.63) is 0 Å². The van der Waals surface area contributed by atoms with Crippen LogP contribution in [0, 0.1) is 0 Å². The van der Waals surface area contributed by atoms with E-state index in [9.17, 15) is 4.79 Å². The molecule has 0 radical (unpaired) electrons. The molecule has 4 nitrogen and oxygen atoms in total. The van der Waals surface area contributed by atoms with E-state index in [0.29, 0.717) is 6.04 Å². The van der Waals surface area contributed by atoms with Gasteiger partial charge in [0.1, 0.15) is 0 Å². The standard InChI is InChI=1S/C14H28N2O2/c1-3-5-7-13(4-2)16-9-6-8-15(10-11-16)12-14(17)18/h13H,3-12H2,1-2H3,(H,17,18). The SMILES string of the molecule is CCCCC(CC)N1CCCN(CC(=O)O)CC1. The van der Waals surface area contributed by atoms with Gasteiger partial charge in [-0.25, -0.2) is 0 Å². The maximum atomic E-state index is 10.7. The molecule has 1 rings (SSSR count). The highest BCUT2D eigenvalue weighted by molar-refractivity contribution is 5.69. The predicted octanol–water partition coefficient (Wildman–Crippen LogP) is 2.05. The highest BCUT2D eigenvalue weighted by Gasteiger charge is 2.21. The maximum absolute atomic E-state index is 10.7. The molecule has 0 amide bonds. The molecule has 1 atom stereocenters. The van der Waals surface area contributed by atoms with Crippen LogP contribution in [-0.2, 0) is 4.79 Å². The van der Waals surface area contributed by atoms with Gasteiger partial charge in [0.05, 0.1) is 6.54 Å². The first-order valence-electron chi connectivity index (χ1n) is 7.35. The molecule has 0 spiro atoms. The van der Waals surface area contributed by atoms with Crippen molar-refractivity contribution >= 4 is 5.97 Å². The Hall–Kier alpha value is -0.610. The van der Waals surface area contributed by atoms with E-state index in [1.54, 1.807) is 0 Å². The molecule has 4 heteroatoms. The summed E-state index contributed by atoms with van der Waals surface area (Å²) in [5.41, 5.74) is 0. The fourth-order valence-corrected chi connectivity index (χ4v) is 2.79. The second-order valence-electron chi connectivity index (χ2n) is 5.26. The van der Waals surface area contributed by atoms with Crippen LogP contribution in [0.15, 0.2) is 0 Å². The number of hydrogen-bond donors (Lipinski definition) is 1. The van der Waals surface area contributed by atoms with Crippen LogP contribution in [0.2, 0.25) is 0 Å². The molecule has 0 aromatic carbocycles. The molecule has 1 unspecified atom stereocenters. The number of nitrogens with zero attached hydrogens (tertiary/aromatic N) is 2. The molecule has 0 aliphatic carbocycles. The van der Waals surface area contributed by atoms with Crippen molar-refractivity contribution in [2.75, 3.05) is 32.7 Å². The zero-order valence-corrected chi connectivity index (χ0v) is 11.9. The van der Waals surface area contributed by atoms with Crippen LogP contribution in [0.3, 0.4) is 0 Å². The zero-order valence-electron chi connectivity index (χ0n) is 11.9. The summed E-state index contributed by atoms with van der Waals surface area (Å²) in [6, 6.07) is 0.690. The van der Waals surface area contributed by atoms with Crippen molar-refractivity contribution in [2.24, 2.45) is 0 Å². The minimum absolute atomic E-state index is 0.194. The lowest BCUT2D eigenvalue weighted by Gasteiger charge is -2.30. The fraction of sp³-hybridized carbons (Fsp3) is 0.929. The van der Waals surface area contributed by atoms with Gasteiger partial charge in [-0.3, -0.25) is 14.6 Å². The Morgan fingerprint density at radius 2 is 2.00 bits per heavy atom. The van der Waals surface area contributed by atoms with Crippen LogP contribution in [-0.4, -0.2) is 59.6 Å². The van der Waals surface area contributed by atoms with E-state index in [2.05, 4.69) is 23.6 Å². The number of aliphatic carboxylic acids is 1. The van der Waals surface area contributed by atoms with Crippen molar-refractivity contribution in [3.63, 3.8) is 0 Å². The molecule has 1 fully saturated rings. The molecule has 1 saturated heterocycles. The molecule has 0 aromatic heterocycles. The van der Waals surface area contributed by atoms with Crippen LogP contribution in [0.5, 0.6) is 0 Å². The van der Waals surface area contributed by atoms with Crippen LogP contribution in [0.4, 0.5) is 0 Å². The van der Waals surface area contributed by atoms with Crippen LogP contribution in [0.1, 0.15) is 46.0 Å². The van der Waals surface area contributed by atoms with Gasteiger partial charge in [0, 0.05) is 25.7 Å². The van der Waals surface area contributed by atoms with Gasteiger partial charge < -0.3 is 5.11 Å². The summed E-state index contributed by atoms with van der Waals surface area (Å²) < 4.78 is 0. The molecular weight excluding hydrogens is 228 g/mol. The summed E-state index contributed by atoms with van der Waals surface area (Å²) in [7, 11) is 0. The Kier molecular flexibility index (Phi) is 7.28. The third-order valence-corrected chi connectivity index (χ3v) is 3.86. The summed E-state index contributed by atoms with van der Waals surface area (Å²) in [5, 5.41) is 8.84. The molecule has 0 saturated carbocycles. The highest BCUT2D eigenvalue weighted by Crippen LogP contribution is 2.15. The first-order valence-corrected chi connectivity index (χ1v) is 7.35. The van der Waals surface area contributed by atoms with Crippen LogP contribution >= 0.6 is 0 Å². The van der Waals surface area contributed by atoms with E-state index in [4.69, 9.17) is 5.11 Å². The summed E-state index contributed by atoms with van der Waals surface area (Å²) in [6.45, 7) is 8.67. The molecular formula is C14H28N2O2. The normalized spacial score (nSPS) is 20.6. The van der Waals surface area contributed by atoms with Gasteiger partial charge in [0.15, 0.2) is 0 Å². The summed E-state index contributed by atoms with van der Waals surface area (Å²) >= 11 is 0. The van der Waals surface area contributed by atoms with Gasteiger partial charge in [-0.2, -0.15) is 0 Å². The second kappa shape index (κ2) is 8.48. The minimum Gasteiger partial charge on any atom is -0.480 e. The van der Waals surface area contributed by atoms with Crippen molar-refractivity contribution in [1.29, 1.82) is 0 Å². The summed E-state index contributed by atoms with van der Waals surface area (Å²) in [6.07, 6.45) is 6.14. The van der Waals surface area contributed by atoms with Gasteiger partial charge in [-0.15, -0.1) is 0 Å². The Labute approximate surface area is 111 Å². The number of rotatable bonds is 7. The van der Waals surface area contributed by atoms with E-state index in [0.717, 1.165) is 32.6 Å². The van der Waals surface area contributed by atoms with E-state index >= 15 is 0 Å². The summed E-state index contributed by atoms with van der Waals surface area (Å²) in [4.78, 5) is 15.4. The van der Waals surface area contributed by atoms with Gasteiger partial charge in [-0.05, 0) is 25.8 Å². The maximum Gasteiger partial charge on any atom is 0.317 e. The smallest absolute Gasteiger partial charge is 0.317 e. The average Bonchev–Trinajstić information content (AvgIpc) is 2.56. The van der Waals surface area contributed by atoms with E-state index in [-0.39, 0.29) is 6.54 Å². The number of unbranched alkanes of at least 4 members (excludes halogenated alkanes) is 1. The van der Waals surface area contributed by atoms with Crippen LogP contribution < -0.4 is 0 Å². The van der Waals surface area contributed by atoms with Gasteiger partial charge in [0.2, 0.25) is 0 Å². The van der Waals surface area contributed by atoms with Crippen molar-refractivity contribution in [3.8, 4) is 0 Å². The van der Waals surface area contributed by atoms with Gasteiger partial charge in [-0.1, -0.05) is 26.7 Å². The van der Waals surface area contributed by atoms with Crippen LogP contribution in [0.25, 0.3) is 0 Å². The molecule has 0 bridgehead atoms. The molecule has 18 heavy (non-hydrogen) atoms. The highest BCUT2D eigenvalue weighted by atomic mass is 16.4. The molecule has 1 N–H and O–H groups in total. The zero-order chi connectivity index (χ0) is 13.4. The lowest BCUT2D eigenvalue weighted by Crippen LogP contribution is -2.39. The quantitative estimate of drug-likeness (QED) is 0.757. The number of carboxylic acids is 1. The van der Waals surface area contributed by atoms with Crippen molar-refractivity contribution in [2.45, 2.75) is 52.0 Å². The Morgan fingerprint density at radius 1 is 1.22 bits per heavy atom. The molecule has 1 aliphatic heterocycles. The Morgan fingerprint density at radius 3 is 2.61 bits per heavy atom. The van der Waals surface area contributed by atoms with E-state index in [1.165, 1.54) is 25.7 Å². The lowest BCUT2D eigenvalue weighted by atomic mass is 10.1. The molecule has 0 aromatic rings. The first kappa shape index (κ1) is 15.4. The average molecular weight is 256 g/mol. The Balaban J connectivity index is 2.41. The molecule has 1 aliphatic rings. The Bertz CT molecular complexity index is 246. The fourth-order valence-electron chi connectivity index (χ4n) is 2.79. The topological polar surface area (TPSA) is 43.8 Å². The number of carbonyl (C=O) groups is 1. The van der Waals surface area contributed by atoms with E-state index in [1.807, 2.05) is 0 Å². The number of hydrogen-bond acceptors (Lipinski definition) is 3. The van der Waals surface area contributed by atoms with Crippen molar-refractivity contribution in [1.82, 2.24) is 9.80 Å². The minimum atomic E-state index is -0.707.